The summed E-state index contributed by atoms with van der Waals surface area (Å²) in [6.07, 6.45) is 1.94. The topological polar surface area (TPSA) is 26.3 Å². The van der Waals surface area contributed by atoms with Crippen LogP contribution in [0.25, 0.3) is 0 Å². The van der Waals surface area contributed by atoms with Crippen LogP contribution in [0.3, 0.4) is 0 Å². The van der Waals surface area contributed by atoms with E-state index in [1.807, 2.05) is 44.2 Å². The van der Waals surface area contributed by atoms with Gasteiger partial charge in [0.1, 0.15) is 0 Å². The van der Waals surface area contributed by atoms with Gasteiger partial charge in [-0.15, -0.1) is 0 Å². The Morgan fingerprint density at radius 1 is 1.21 bits per heavy atom. The highest BCUT2D eigenvalue weighted by Gasteiger charge is 2.32. The number of thioether (sulfide) groups is 1. The molecule has 0 radical (unpaired) electrons. The lowest BCUT2D eigenvalue weighted by Crippen LogP contribution is -2.39. The van der Waals surface area contributed by atoms with Gasteiger partial charge in [-0.25, -0.2) is 0 Å². The van der Waals surface area contributed by atoms with Crippen molar-refractivity contribution in [3.8, 4) is 0 Å². The van der Waals surface area contributed by atoms with Gasteiger partial charge >= 0.3 is 0 Å². The summed E-state index contributed by atoms with van der Waals surface area (Å²) >= 11 is 7.09. The standard InChI is InChI=1S/C19H30O2S2Si/c1-7-15(3)21-19(22)23-17(24(4,5)6)13-14(2)18(20)16-11-9-8-10-12-16/h8-12,14-15,17H,7,13H2,1-6H3. The van der Waals surface area contributed by atoms with Crippen LogP contribution in [0.1, 0.15) is 44.0 Å². The van der Waals surface area contributed by atoms with E-state index in [4.69, 9.17) is 17.0 Å². The summed E-state index contributed by atoms with van der Waals surface area (Å²) in [5.41, 5.74) is 0.794. The lowest BCUT2D eigenvalue weighted by atomic mass is 9.97. The van der Waals surface area contributed by atoms with E-state index < -0.39 is 8.07 Å². The SMILES string of the molecule is CCC(C)OC(=S)SC(CC(C)C(=O)c1ccccc1)[Si](C)(C)C. The van der Waals surface area contributed by atoms with Crippen molar-refractivity contribution in [3.63, 3.8) is 0 Å². The first-order valence-corrected chi connectivity index (χ1v) is 13.5. The van der Waals surface area contributed by atoms with Crippen LogP contribution < -0.4 is 0 Å². The Kier molecular flexibility index (Phi) is 8.67. The second kappa shape index (κ2) is 9.73. The summed E-state index contributed by atoms with van der Waals surface area (Å²) in [6.45, 7) is 13.1. The van der Waals surface area contributed by atoms with E-state index in [0.29, 0.717) is 9.26 Å². The van der Waals surface area contributed by atoms with Crippen molar-refractivity contribution in [2.45, 2.75) is 64.2 Å². The molecule has 0 aliphatic rings. The van der Waals surface area contributed by atoms with Crippen molar-refractivity contribution in [1.29, 1.82) is 0 Å². The summed E-state index contributed by atoms with van der Waals surface area (Å²) in [5, 5.41) is 0. The zero-order valence-corrected chi connectivity index (χ0v) is 18.3. The Morgan fingerprint density at radius 2 is 1.79 bits per heavy atom. The van der Waals surface area contributed by atoms with Crippen molar-refractivity contribution in [2.75, 3.05) is 0 Å². The second-order valence-electron chi connectivity index (χ2n) is 7.43. The first-order chi connectivity index (χ1) is 11.1. The molecule has 0 saturated carbocycles. The van der Waals surface area contributed by atoms with E-state index >= 15 is 0 Å². The molecule has 1 rings (SSSR count). The molecule has 2 nitrogen and oxygen atoms in total. The highest BCUT2D eigenvalue weighted by Crippen LogP contribution is 2.31. The van der Waals surface area contributed by atoms with Crippen molar-refractivity contribution in [3.05, 3.63) is 35.9 Å². The molecule has 0 aromatic heterocycles. The number of ketones is 1. The van der Waals surface area contributed by atoms with Crippen LogP contribution in [0.2, 0.25) is 19.6 Å². The molecular formula is C19H30O2S2Si. The quantitative estimate of drug-likeness (QED) is 0.314. The van der Waals surface area contributed by atoms with Crippen LogP contribution in [0, 0.1) is 5.92 Å². The minimum absolute atomic E-state index is 0.0111. The van der Waals surface area contributed by atoms with Crippen LogP contribution in [0.4, 0.5) is 0 Å². The molecular weight excluding hydrogens is 352 g/mol. The molecule has 0 spiro atoms. The molecule has 0 saturated heterocycles. The predicted octanol–water partition coefficient (Wildman–Crippen LogP) is 5.97. The maximum atomic E-state index is 12.7. The van der Waals surface area contributed by atoms with Crippen LogP contribution in [0.5, 0.6) is 0 Å². The van der Waals surface area contributed by atoms with E-state index in [-0.39, 0.29) is 17.8 Å². The molecule has 0 bridgehead atoms. The molecule has 3 unspecified atom stereocenters. The molecule has 1 aromatic rings. The first-order valence-electron chi connectivity index (χ1n) is 8.61. The van der Waals surface area contributed by atoms with E-state index in [2.05, 4.69) is 26.6 Å². The fourth-order valence-corrected chi connectivity index (χ4v) is 6.69. The zero-order valence-electron chi connectivity index (χ0n) is 15.7. The molecule has 5 heteroatoms. The molecule has 3 atom stereocenters. The highest BCUT2D eigenvalue weighted by atomic mass is 32.2. The van der Waals surface area contributed by atoms with Crippen molar-refractivity contribution in [1.82, 2.24) is 0 Å². The molecule has 0 aliphatic carbocycles. The molecule has 0 aliphatic heterocycles. The number of thiocarbonyl (C=S) groups is 1. The third-order valence-corrected chi connectivity index (χ3v) is 9.94. The Balaban J connectivity index is 2.76. The number of hydrogen-bond acceptors (Lipinski definition) is 4. The largest absolute Gasteiger partial charge is 0.476 e. The fraction of sp³-hybridized carbons (Fsp3) is 0.579. The van der Waals surface area contributed by atoms with Gasteiger partial charge < -0.3 is 4.74 Å². The summed E-state index contributed by atoms with van der Waals surface area (Å²) in [7, 11) is -1.48. The molecule has 0 fully saturated rings. The lowest BCUT2D eigenvalue weighted by molar-refractivity contribution is 0.0926. The predicted molar refractivity (Wildman–Crippen MR) is 113 cm³/mol. The van der Waals surface area contributed by atoms with E-state index in [1.165, 1.54) is 0 Å². The Hall–Kier alpha value is -0.653. The number of hydrogen-bond donors (Lipinski definition) is 0. The van der Waals surface area contributed by atoms with Crippen LogP contribution in [0.15, 0.2) is 30.3 Å². The molecule has 134 valence electrons. The number of carbonyl (C=O) groups is 1. The number of carbonyl (C=O) groups excluding carboxylic acids is 1. The van der Waals surface area contributed by atoms with Gasteiger partial charge in [-0.3, -0.25) is 4.79 Å². The van der Waals surface area contributed by atoms with Gasteiger partial charge in [0, 0.05) is 16.4 Å². The van der Waals surface area contributed by atoms with Gasteiger partial charge in [-0.2, -0.15) is 0 Å². The second-order valence-corrected chi connectivity index (χ2v) is 15.1. The van der Waals surface area contributed by atoms with E-state index in [0.717, 1.165) is 18.4 Å². The van der Waals surface area contributed by atoms with Gasteiger partial charge in [0.05, 0.1) is 14.2 Å². The minimum atomic E-state index is -1.48. The van der Waals surface area contributed by atoms with Gasteiger partial charge in [-0.05, 0) is 32.0 Å². The Labute approximate surface area is 157 Å². The third kappa shape index (κ3) is 7.07. The van der Waals surface area contributed by atoms with E-state index in [9.17, 15) is 4.79 Å². The fourth-order valence-electron chi connectivity index (χ4n) is 2.29. The summed E-state index contributed by atoms with van der Waals surface area (Å²) in [5.74, 6) is 0.205. The average Bonchev–Trinajstić information content (AvgIpc) is 2.53. The summed E-state index contributed by atoms with van der Waals surface area (Å²) in [6, 6.07) is 9.56. The molecule has 0 heterocycles. The van der Waals surface area contributed by atoms with Gasteiger partial charge in [-0.1, -0.05) is 75.6 Å². The maximum absolute atomic E-state index is 12.7. The van der Waals surface area contributed by atoms with Gasteiger partial charge in [0.2, 0.25) is 4.38 Å². The number of ether oxygens (including phenoxy) is 1. The van der Waals surface area contributed by atoms with Crippen molar-refractivity contribution in [2.24, 2.45) is 5.92 Å². The highest BCUT2D eigenvalue weighted by molar-refractivity contribution is 8.23. The minimum Gasteiger partial charge on any atom is -0.476 e. The number of benzene rings is 1. The van der Waals surface area contributed by atoms with Gasteiger partial charge in [0.25, 0.3) is 0 Å². The smallest absolute Gasteiger partial charge is 0.220 e. The van der Waals surface area contributed by atoms with Crippen molar-refractivity contribution < 1.29 is 9.53 Å². The molecule has 24 heavy (non-hydrogen) atoms. The Bertz CT molecular complexity index is 540. The monoisotopic (exact) mass is 382 g/mol. The first kappa shape index (κ1) is 21.4. The Morgan fingerprint density at radius 3 is 2.29 bits per heavy atom. The third-order valence-electron chi connectivity index (χ3n) is 4.15. The normalized spacial score (nSPS) is 15.4. The summed E-state index contributed by atoms with van der Waals surface area (Å²) < 4.78 is 6.40. The van der Waals surface area contributed by atoms with E-state index in [1.54, 1.807) is 11.8 Å². The average molecular weight is 383 g/mol. The van der Waals surface area contributed by atoms with Crippen LogP contribution in [-0.4, -0.2) is 29.2 Å². The summed E-state index contributed by atoms with van der Waals surface area (Å²) in [4.78, 5) is 13.0. The van der Waals surface area contributed by atoms with Crippen molar-refractivity contribution >= 4 is 42.2 Å². The lowest BCUT2D eigenvalue weighted by Gasteiger charge is -2.30. The number of Topliss-reactive ketones (excluding diaryl/α,β-unsaturated/α-hetero) is 1. The van der Waals surface area contributed by atoms with Gasteiger partial charge in [0.15, 0.2) is 5.78 Å². The van der Waals surface area contributed by atoms with Crippen LogP contribution >= 0.6 is 24.0 Å². The molecule has 0 N–H and O–H groups in total. The maximum Gasteiger partial charge on any atom is 0.220 e. The zero-order chi connectivity index (χ0) is 18.3. The number of rotatable bonds is 8. The molecule has 0 amide bonds. The van der Waals surface area contributed by atoms with Crippen LogP contribution in [-0.2, 0) is 4.74 Å². The molecule has 1 aromatic carbocycles.